The van der Waals surface area contributed by atoms with Crippen molar-refractivity contribution in [1.29, 1.82) is 0 Å². The molecule has 4 fully saturated rings. The van der Waals surface area contributed by atoms with Crippen LogP contribution in [0.4, 0.5) is 0 Å². The summed E-state index contributed by atoms with van der Waals surface area (Å²) in [5, 5.41) is 1.36. The van der Waals surface area contributed by atoms with E-state index in [9.17, 15) is 4.79 Å². The number of nitrogens with one attached hydrogen (secondary N) is 3. The number of hydrogen-bond acceptors (Lipinski definition) is 1. The number of carbonyl (C=O) groups is 1. The van der Waals surface area contributed by atoms with E-state index in [0.717, 1.165) is 39.0 Å². The summed E-state index contributed by atoms with van der Waals surface area (Å²) in [4.78, 5) is 20.0. The quantitative estimate of drug-likeness (QED) is 0.748. The first-order chi connectivity index (χ1) is 11.6. The average Bonchev–Trinajstić information content (AvgIpc) is 3.02. The molecule has 4 saturated heterocycles. The fourth-order valence-corrected chi connectivity index (χ4v) is 6.16. The fraction of sp³-hybridized carbons (Fsp3) is 0.550. The number of quaternary nitrogens is 2. The molecule has 5 heterocycles. The average molecular weight is 325 g/mol. The summed E-state index contributed by atoms with van der Waals surface area (Å²) in [6.45, 7) is 8.54. The molecule has 0 atom stereocenters. The first kappa shape index (κ1) is 14.7. The van der Waals surface area contributed by atoms with Crippen molar-refractivity contribution >= 4 is 16.7 Å². The number of para-hydroxylation sites is 1. The van der Waals surface area contributed by atoms with Gasteiger partial charge >= 0.3 is 0 Å². The molecule has 6 rings (SSSR count). The SMILES string of the molecule is CCC12C[NH+]3CC(CC)(C[NH+](C1)C3c1c[nH]c3ccccc13)C2=O. The highest BCUT2D eigenvalue weighted by molar-refractivity contribution is 5.92. The second-order valence-corrected chi connectivity index (χ2v) is 8.34. The highest BCUT2D eigenvalue weighted by Crippen LogP contribution is 2.41. The van der Waals surface area contributed by atoms with Gasteiger partial charge in [0, 0.05) is 17.1 Å². The molecule has 3 N–H and O–H groups in total. The third kappa shape index (κ3) is 1.63. The van der Waals surface area contributed by atoms with Crippen LogP contribution in [0.25, 0.3) is 10.9 Å². The minimum absolute atomic E-state index is 0.0697. The molecule has 4 heteroatoms. The zero-order valence-corrected chi connectivity index (χ0v) is 14.6. The van der Waals surface area contributed by atoms with E-state index in [1.54, 1.807) is 9.80 Å². The maximum absolute atomic E-state index is 13.3. The summed E-state index contributed by atoms with van der Waals surface area (Å²) in [6.07, 6.45) is 4.70. The Morgan fingerprint density at radius 1 is 1.04 bits per heavy atom. The lowest BCUT2D eigenvalue weighted by Crippen LogP contribution is -3.41. The van der Waals surface area contributed by atoms with Gasteiger partial charge in [-0.3, -0.25) is 14.6 Å². The largest absolute Gasteiger partial charge is 0.360 e. The molecule has 126 valence electrons. The van der Waals surface area contributed by atoms with Gasteiger partial charge in [-0.1, -0.05) is 32.0 Å². The van der Waals surface area contributed by atoms with Crippen LogP contribution in [0.1, 0.15) is 38.4 Å². The Morgan fingerprint density at radius 2 is 1.62 bits per heavy atom. The van der Waals surface area contributed by atoms with Crippen LogP contribution in [0.15, 0.2) is 30.5 Å². The Morgan fingerprint density at radius 3 is 2.21 bits per heavy atom. The van der Waals surface area contributed by atoms with Crippen molar-refractivity contribution in [1.82, 2.24) is 4.98 Å². The monoisotopic (exact) mass is 325 g/mol. The van der Waals surface area contributed by atoms with Gasteiger partial charge in [0.2, 0.25) is 6.17 Å². The second kappa shape index (κ2) is 4.70. The van der Waals surface area contributed by atoms with E-state index in [0.29, 0.717) is 11.9 Å². The molecule has 0 unspecified atom stereocenters. The minimum Gasteiger partial charge on any atom is -0.360 e. The van der Waals surface area contributed by atoms with Crippen molar-refractivity contribution in [2.24, 2.45) is 10.8 Å². The molecule has 0 amide bonds. The van der Waals surface area contributed by atoms with Gasteiger partial charge in [0.05, 0.1) is 5.56 Å². The lowest BCUT2D eigenvalue weighted by Gasteiger charge is -2.60. The van der Waals surface area contributed by atoms with Crippen molar-refractivity contribution in [2.75, 3.05) is 26.2 Å². The lowest BCUT2D eigenvalue weighted by atomic mass is 9.58. The van der Waals surface area contributed by atoms with Crippen LogP contribution in [0.3, 0.4) is 0 Å². The van der Waals surface area contributed by atoms with Gasteiger partial charge in [0.25, 0.3) is 0 Å². The summed E-state index contributed by atoms with van der Waals surface area (Å²) < 4.78 is 0. The summed E-state index contributed by atoms with van der Waals surface area (Å²) in [5.74, 6) is 0.588. The number of aromatic amines is 1. The molecule has 4 bridgehead atoms. The maximum Gasteiger partial charge on any atom is 0.242 e. The maximum atomic E-state index is 13.3. The molecule has 1 aromatic heterocycles. The molecule has 4 nitrogen and oxygen atoms in total. The normalized spacial score (nSPS) is 40.6. The molecule has 1 aromatic carbocycles. The Labute approximate surface area is 142 Å². The predicted molar refractivity (Wildman–Crippen MR) is 92.9 cm³/mol. The van der Waals surface area contributed by atoms with Crippen molar-refractivity contribution in [3.8, 4) is 0 Å². The number of H-pyrrole nitrogens is 1. The number of aromatic nitrogens is 1. The van der Waals surface area contributed by atoms with Gasteiger partial charge in [-0.15, -0.1) is 0 Å². The number of ketones is 1. The van der Waals surface area contributed by atoms with Crippen LogP contribution >= 0.6 is 0 Å². The summed E-state index contributed by atoms with van der Waals surface area (Å²) >= 11 is 0. The van der Waals surface area contributed by atoms with Crippen LogP contribution in [0.2, 0.25) is 0 Å². The first-order valence-electron chi connectivity index (χ1n) is 9.42. The Hall–Kier alpha value is -1.65. The van der Waals surface area contributed by atoms with Crippen molar-refractivity contribution in [3.63, 3.8) is 0 Å². The number of benzene rings is 1. The van der Waals surface area contributed by atoms with Gasteiger partial charge < -0.3 is 4.98 Å². The molecule has 2 aromatic rings. The van der Waals surface area contributed by atoms with Gasteiger partial charge in [0.1, 0.15) is 37.0 Å². The number of piperidine rings is 2. The van der Waals surface area contributed by atoms with E-state index in [4.69, 9.17) is 0 Å². The number of rotatable bonds is 3. The van der Waals surface area contributed by atoms with E-state index in [-0.39, 0.29) is 10.8 Å². The fourth-order valence-electron chi connectivity index (χ4n) is 6.16. The predicted octanol–water partition coefficient (Wildman–Crippen LogP) is 0.339. The van der Waals surface area contributed by atoms with E-state index in [1.165, 1.54) is 16.5 Å². The standard InChI is InChI=1S/C20H25N3O/c1-3-19-10-22-12-20(4-2,18(19)24)13-23(11-19)17(22)15-9-21-16-8-6-5-7-14(15)16/h5-9,17,21H,3-4,10-13H2,1-2H3/p+2. The molecule has 4 aliphatic heterocycles. The van der Waals surface area contributed by atoms with Crippen molar-refractivity contribution < 1.29 is 14.6 Å². The molecule has 0 radical (unpaired) electrons. The van der Waals surface area contributed by atoms with Crippen LogP contribution in [0.5, 0.6) is 0 Å². The number of carbonyl (C=O) groups excluding carboxylic acids is 1. The van der Waals surface area contributed by atoms with Gasteiger partial charge in [0.15, 0.2) is 5.78 Å². The molecule has 0 spiro atoms. The molecule has 0 aliphatic carbocycles. The zero-order valence-electron chi connectivity index (χ0n) is 14.6. The number of Topliss-reactive ketones (excluding diaryl/α,β-unsaturated/α-hetero) is 1. The molecular formula is C20H27N3O+2. The van der Waals surface area contributed by atoms with Crippen molar-refractivity contribution in [3.05, 3.63) is 36.0 Å². The molecule has 4 aliphatic rings. The Bertz CT molecular complexity index is 781. The van der Waals surface area contributed by atoms with Gasteiger partial charge in [-0.2, -0.15) is 0 Å². The van der Waals surface area contributed by atoms with Crippen LogP contribution in [-0.2, 0) is 4.79 Å². The van der Waals surface area contributed by atoms with Crippen LogP contribution in [0, 0.1) is 10.8 Å². The smallest absolute Gasteiger partial charge is 0.242 e. The van der Waals surface area contributed by atoms with Crippen LogP contribution in [-0.4, -0.2) is 36.9 Å². The second-order valence-electron chi connectivity index (χ2n) is 8.34. The zero-order chi connectivity index (χ0) is 16.5. The third-order valence-electron chi connectivity index (χ3n) is 7.33. The van der Waals surface area contributed by atoms with Gasteiger partial charge in [-0.25, -0.2) is 0 Å². The van der Waals surface area contributed by atoms with E-state index in [1.807, 2.05) is 0 Å². The highest BCUT2D eigenvalue weighted by Gasteiger charge is 2.70. The van der Waals surface area contributed by atoms with E-state index >= 15 is 0 Å². The summed E-state index contributed by atoms with van der Waals surface area (Å²) in [7, 11) is 0. The summed E-state index contributed by atoms with van der Waals surface area (Å²) in [5.41, 5.74) is 2.54. The van der Waals surface area contributed by atoms with Crippen LogP contribution < -0.4 is 9.80 Å². The van der Waals surface area contributed by atoms with E-state index in [2.05, 4.69) is 49.3 Å². The van der Waals surface area contributed by atoms with Crippen molar-refractivity contribution in [2.45, 2.75) is 32.9 Å². The lowest BCUT2D eigenvalue weighted by molar-refractivity contribution is -1.18. The topological polar surface area (TPSA) is 41.7 Å². The molecule has 24 heavy (non-hydrogen) atoms. The first-order valence-corrected chi connectivity index (χ1v) is 9.42. The number of hydrogen-bond donors (Lipinski definition) is 3. The van der Waals surface area contributed by atoms with E-state index < -0.39 is 0 Å². The van der Waals surface area contributed by atoms with Gasteiger partial charge in [-0.05, 0) is 18.9 Å². The third-order valence-corrected chi connectivity index (χ3v) is 7.33. The molecular weight excluding hydrogens is 298 g/mol. The minimum atomic E-state index is -0.0697. The molecule has 0 saturated carbocycles. The Balaban J connectivity index is 1.62. The highest BCUT2D eigenvalue weighted by atomic mass is 16.1. The Kier molecular flexibility index (Phi) is 2.88. The number of fused-ring (bicyclic) bond motifs is 1. The summed E-state index contributed by atoms with van der Waals surface area (Å²) in [6, 6.07) is 8.63.